The molecule has 0 radical (unpaired) electrons. The first kappa shape index (κ1) is 20.8. The number of rotatable bonds is 6. The molecule has 1 aliphatic heterocycles. The van der Waals surface area contributed by atoms with Crippen LogP contribution in [-0.4, -0.2) is 38.7 Å². The van der Waals surface area contributed by atoms with Crippen molar-refractivity contribution in [1.29, 1.82) is 0 Å². The number of nitrogens with one attached hydrogen (secondary N) is 1. The Morgan fingerprint density at radius 2 is 1.80 bits per heavy atom. The van der Waals surface area contributed by atoms with E-state index in [2.05, 4.69) is 40.5 Å². The number of nitrogens with zero attached hydrogens (tertiary/aromatic N) is 3. The molecular formula is C23H25ClN4OS. The molecule has 1 amide bonds. The molecule has 0 spiro atoms. The largest absolute Gasteiger partial charge is 0.341 e. The fourth-order valence-corrected chi connectivity index (χ4v) is 4.33. The number of carbonyl (C=O) groups is 1. The van der Waals surface area contributed by atoms with E-state index in [4.69, 9.17) is 23.8 Å². The molecule has 1 aliphatic rings. The fourth-order valence-electron chi connectivity index (χ4n) is 4.01. The van der Waals surface area contributed by atoms with E-state index in [1.54, 1.807) is 16.7 Å². The summed E-state index contributed by atoms with van der Waals surface area (Å²) in [6.07, 6.45) is 4.40. The molecule has 3 aromatic rings. The van der Waals surface area contributed by atoms with Crippen molar-refractivity contribution in [2.24, 2.45) is 5.92 Å². The highest BCUT2D eigenvalue weighted by atomic mass is 35.5. The van der Waals surface area contributed by atoms with Gasteiger partial charge in [0.1, 0.15) is 6.54 Å². The number of piperidine rings is 1. The Morgan fingerprint density at radius 3 is 2.50 bits per heavy atom. The second-order valence-corrected chi connectivity index (χ2v) is 8.62. The van der Waals surface area contributed by atoms with Gasteiger partial charge in [-0.3, -0.25) is 14.5 Å². The van der Waals surface area contributed by atoms with Gasteiger partial charge in [-0.1, -0.05) is 41.9 Å². The first-order valence-electron chi connectivity index (χ1n) is 10.3. The quantitative estimate of drug-likeness (QED) is 0.540. The maximum atomic E-state index is 12.9. The van der Waals surface area contributed by atoms with Crippen molar-refractivity contribution in [3.05, 3.63) is 70.0 Å². The third-order valence-corrected chi connectivity index (χ3v) is 6.37. The van der Waals surface area contributed by atoms with Crippen molar-refractivity contribution in [2.45, 2.75) is 32.2 Å². The summed E-state index contributed by atoms with van der Waals surface area (Å²) >= 11 is 11.3. The smallest absolute Gasteiger partial charge is 0.242 e. The van der Waals surface area contributed by atoms with Crippen LogP contribution >= 0.6 is 23.8 Å². The molecule has 7 heteroatoms. The normalized spacial score (nSPS) is 14.8. The minimum absolute atomic E-state index is 0.0872. The van der Waals surface area contributed by atoms with Gasteiger partial charge in [-0.05, 0) is 73.6 Å². The van der Waals surface area contributed by atoms with Gasteiger partial charge >= 0.3 is 0 Å². The lowest BCUT2D eigenvalue weighted by molar-refractivity contribution is -0.133. The number of aryl methyl sites for hydroxylation is 1. The molecule has 0 bridgehead atoms. The predicted molar refractivity (Wildman–Crippen MR) is 122 cm³/mol. The molecular weight excluding hydrogens is 416 g/mol. The van der Waals surface area contributed by atoms with Crippen LogP contribution in [0.5, 0.6) is 0 Å². The molecule has 5 nitrogen and oxygen atoms in total. The minimum atomic E-state index is 0.0872. The SMILES string of the molecule is O=C(Cn1c(-c2ccc(Cl)cc2)n[nH]c1=S)N1CCC(CCc2ccccc2)CC1. The summed E-state index contributed by atoms with van der Waals surface area (Å²) in [7, 11) is 0. The van der Waals surface area contributed by atoms with Gasteiger partial charge in [-0.15, -0.1) is 0 Å². The van der Waals surface area contributed by atoms with Gasteiger partial charge in [0, 0.05) is 23.7 Å². The van der Waals surface area contributed by atoms with Crippen LogP contribution in [0.3, 0.4) is 0 Å². The van der Waals surface area contributed by atoms with Gasteiger partial charge in [-0.2, -0.15) is 5.10 Å². The van der Waals surface area contributed by atoms with Gasteiger partial charge in [-0.25, -0.2) is 0 Å². The van der Waals surface area contributed by atoms with Crippen LogP contribution in [0.4, 0.5) is 0 Å². The van der Waals surface area contributed by atoms with Crippen molar-refractivity contribution >= 4 is 29.7 Å². The monoisotopic (exact) mass is 440 g/mol. The van der Waals surface area contributed by atoms with E-state index in [1.807, 2.05) is 17.0 Å². The maximum Gasteiger partial charge on any atom is 0.242 e. The van der Waals surface area contributed by atoms with E-state index in [-0.39, 0.29) is 12.5 Å². The predicted octanol–water partition coefficient (Wildman–Crippen LogP) is 5.13. The van der Waals surface area contributed by atoms with E-state index in [1.165, 1.54) is 12.0 Å². The number of halogens is 1. The summed E-state index contributed by atoms with van der Waals surface area (Å²) in [4.78, 5) is 14.9. The van der Waals surface area contributed by atoms with Crippen molar-refractivity contribution < 1.29 is 4.79 Å². The highest BCUT2D eigenvalue weighted by molar-refractivity contribution is 7.71. The zero-order chi connectivity index (χ0) is 20.9. The van der Waals surface area contributed by atoms with Gasteiger partial charge < -0.3 is 4.90 Å². The number of carbonyl (C=O) groups excluding carboxylic acids is 1. The highest BCUT2D eigenvalue weighted by Gasteiger charge is 2.24. The third-order valence-electron chi connectivity index (χ3n) is 5.81. The summed E-state index contributed by atoms with van der Waals surface area (Å²) in [5.74, 6) is 1.42. The number of hydrogen-bond donors (Lipinski definition) is 1. The lowest BCUT2D eigenvalue weighted by Gasteiger charge is -2.32. The van der Waals surface area contributed by atoms with E-state index in [9.17, 15) is 4.79 Å². The number of benzene rings is 2. The molecule has 1 saturated heterocycles. The molecule has 0 atom stereocenters. The highest BCUT2D eigenvalue weighted by Crippen LogP contribution is 2.24. The van der Waals surface area contributed by atoms with Crippen LogP contribution in [0.25, 0.3) is 11.4 Å². The zero-order valence-corrected chi connectivity index (χ0v) is 18.3. The molecule has 1 aromatic heterocycles. The van der Waals surface area contributed by atoms with E-state index in [0.717, 1.165) is 37.9 Å². The van der Waals surface area contributed by atoms with Crippen LogP contribution in [0.1, 0.15) is 24.8 Å². The second kappa shape index (κ2) is 9.58. The van der Waals surface area contributed by atoms with Crippen molar-refractivity contribution in [2.75, 3.05) is 13.1 Å². The van der Waals surface area contributed by atoms with Crippen LogP contribution in [0.2, 0.25) is 5.02 Å². The number of amides is 1. The Labute approximate surface area is 186 Å². The molecule has 2 aromatic carbocycles. The van der Waals surface area contributed by atoms with Crippen LogP contribution < -0.4 is 0 Å². The molecule has 1 N–H and O–H groups in total. The first-order chi connectivity index (χ1) is 14.6. The second-order valence-electron chi connectivity index (χ2n) is 7.79. The minimum Gasteiger partial charge on any atom is -0.341 e. The topological polar surface area (TPSA) is 53.9 Å². The number of aromatic amines is 1. The first-order valence-corrected chi connectivity index (χ1v) is 11.1. The summed E-state index contributed by atoms with van der Waals surface area (Å²) in [6, 6.07) is 18.0. The van der Waals surface area contributed by atoms with Gasteiger partial charge in [0.15, 0.2) is 10.6 Å². The van der Waals surface area contributed by atoms with Crippen LogP contribution in [-0.2, 0) is 17.8 Å². The number of hydrogen-bond acceptors (Lipinski definition) is 3. The maximum absolute atomic E-state index is 12.9. The Hall–Kier alpha value is -2.44. The van der Waals surface area contributed by atoms with E-state index in [0.29, 0.717) is 21.5 Å². The zero-order valence-electron chi connectivity index (χ0n) is 16.8. The summed E-state index contributed by atoms with van der Waals surface area (Å²) in [5.41, 5.74) is 2.26. The lowest BCUT2D eigenvalue weighted by Crippen LogP contribution is -2.40. The molecule has 156 valence electrons. The van der Waals surface area contributed by atoms with E-state index >= 15 is 0 Å². The van der Waals surface area contributed by atoms with Crippen molar-refractivity contribution in [3.63, 3.8) is 0 Å². The Bertz CT molecular complexity index is 1040. The summed E-state index contributed by atoms with van der Waals surface area (Å²) in [6.45, 7) is 1.81. The summed E-state index contributed by atoms with van der Waals surface area (Å²) in [5, 5.41) is 7.78. The van der Waals surface area contributed by atoms with Gasteiger partial charge in [0.25, 0.3) is 0 Å². The molecule has 0 aliphatic carbocycles. The third kappa shape index (κ3) is 4.99. The Morgan fingerprint density at radius 1 is 1.10 bits per heavy atom. The lowest BCUT2D eigenvalue weighted by atomic mass is 9.90. The van der Waals surface area contributed by atoms with Crippen molar-refractivity contribution in [1.82, 2.24) is 19.7 Å². The molecule has 0 unspecified atom stereocenters. The molecule has 30 heavy (non-hydrogen) atoms. The molecule has 4 rings (SSSR count). The molecule has 0 saturated carbocycles. The van der Waals surface area contributed by atoms with Crippen LogP contribution in [0, 0.1) is 10.7 Å². The number of H-pyrrole nitrogens is 1. The average molecular weight is 441 g/mol. The van der Waals surface area contributed by atoms with Gasteiger partial charge in [0.2, 0.25) is 5.91 Å². The Kier molecular flexibility index (Phi) is 6.65. The molecule has 2 heterocycles. The summed E-state index contributed by atoms with van der Waals surface area (Å²) < 4.78 is 2.22. The number of aromatic nitrogens is 3. The number of likely N-dealkylation sites (tertiary alicyclic amines) is 1. The average Bonchev–Trinajstić information content (AvgIpc) is 3.14. The Balaban J connectivity index is 1.34. The fraction of sp³-hybridized carbons (Fsp3) is 0.348. The van der Waals surface area contributed by atoms with Gasteiger partial charge in [0.05, 0.1) is 0 Å². The van der Waals surface area contributed by atoms with Crippen molar-refractivity contribution in [3.8, 4) is 11.4 Å². The standard InChI is InChI=1S/C23H25ClN4OS/c24-20-10-8-19(9-11-20)22-25-26-23(30)28(22)16-21(29)27-14-12-18(13-15-27)7-6-17-4-2-1-3-5-17/h1-5,8-11,18H,6-7,12-16H2,(H,26,30). The molecule has 1 fully saturated rings. The van der Waals surface area contributed by atoms with Crippen LogP contribution in [0.15, 0.2) is 54.6 Å². The van der Waals surface area contributed by atoms with E-state index < -0.39 is 0 Å².